The number of pyridine rings is 1. The van der Waals surface area contributed by atoms with Crippen LogP contribution in [0, 0.1) is 0 Å². The first kappa shape index (κ1) is 12.4. The Balaban J connectivity index is 2.70. The summed E-state index contributed by atoms with van der Waals surface area (Å²) in [6, 6.07) is 3.36. The Morgan fingerprint density at radius 1 is 1.47 bits per heavy atom. The van der Waals surface area contributed by atoms with Gasteiger partial charge in [0.2, 0.25) is 5.88 Å². The predicted octanol–water partition coefficient (Wildman–Crippen LogP) is 1.27. The lowest BCUT2D eigenvalue weighted by atomic mass is 10.1. The van der Waals surface area contributed by atoms with E-state index in [0.29, 0.717) is 23.4 Å². The van der Waals surface area contributed by atoms with Crippen LogP contribution in [0.25, 0.3) is 0 Å². The maximum Gasteiger partial charge on any atom is 0.213 e. The maximum atomic E-state index is 9.65. The first-order chi connectivity index (χ1) is 7.19. The molecule has 0 spiro atoms. The molecule has 1 rings (SSSR count). The van der Waals surface area contributed by atoms with Gasteiger partial charge in [0.25, 0.3) is 0 Å². The highest BCUT2D eigenvalue weighted by molar-refractivity contribution is 9.09. The van der Waals surface area contributed by atoms with Crippen LogP contribution in [0.2, 0.25) is 0 Å². The van der Waals surface area contributed by atoms with Crippen molar-refractivity contribution in [2.24, 2.45) is 0 Å². The van der Waals surface area contributed by atoms with Gasteiger partial charge in [0.15, 0.2) is 0 Å². The van der Waals surface area contributed by atoms with Crippen LogP contribution in [0.1, 0.15) is 18.6 Å². The molecule has 0 aliphatic rings. The number of aromatic nitrogens is 1. The molecule has 0 bridgehead atoms. The Labute approximate surface area is 97.0 Å². The molecular weight excluding hydrogens is 262 g/mol. The van der Waals surface area contributed by atoms with Crippen LogP contribution in [0.3, 0.4) is 0 Å². The monoisotopic (exact) mass is 275 g/mol. The van der Waals surface area contributed by atoms with Crippen molar-refractivity contribution in [1.29, 1.82) is 0 Å². The van der Waals surface area contributed by atoms with E-state index in [4.69, 9.17) is 4.74 Å². The van der Waals surface area contributed by atoms with E-state index in [2.05, 4.69) is 20.9 Å². The van der Waals surface area contributed by atoms with E-state index >= 15 is 0 Å². The minimum absolute atomic E-state index is 0.321. The summed E-state index contributed by atoms with van der Waals surface area (Å²) in [4.78, 5) is 4.00. The van der Waals surface area contributed by atoms with Gasteiger partial charge in [0.1, 0.15) is 6.10 Å². The topological polar surface area (TPSA) is 62.6 Å². The van der Waals surface area contributed by atoms with Crippen LogP contribution in [-0.2, 0) is 0 Å². The SMILES string of the molecule is CCOc1ccc(C(O)C(O)CBr)cn1. The molecule has 0 saturated heterocycles. The van der Waals surface area contributed by atoms with Gasteiger partial charge >= 0.3 is 0 Å². The number of rotatable bonds is 5. The van der Waals surface area contributed by atoms with Gasteiger partial charge in [-0.15, -0.1) is 0 Å². The summed E-state index contributed by atoms with van der Waals surface area (Å²) in [5.74, 6) is 0.516. The van der Waals surface area contributed by atoms with Crippen molar-refractivity contribution >= 4 is 15.9 Å². The molecule has 0 radical (unpaired) electrons. The van der Waals surface area contributed by atoms with E-state index in [-0.39, 0.29) is 0 Å². The Bertz CT molecular complexity index is 291. The minimum atomic E-state index is -0.924. The fraction of sp³-hybridized carbons (Fsp3) is 0.500. The number of nitrogens with zero attached hydrogens (tertiary/aromatic N) is 1. The molecule has 1 aromatic heterocycles. The van der Waals surface area contributed by atoms with Crippen LogP contribution in [-0.4, -0.2) is 33.2 Å². The standard InChI is InChI=1S/C10H14BrNO3/c1-2-15-9-4-3-7(6-12-9)10(14)8(13)5-11/h3-4,6,8,10,13-14H,2,5H2,1H3. The van der Waals surface area contributed by atoms with Crippen LogP contribution in [0.15, 0.2) is 18.3 Å². The molecule has 1 heterocycles. The van der Waals surface area contributed by atoms with Crippen molar-refractivity contribution in [3.63, 3.8) is 0 Å². The number of halogens is 1. The highest BCUT2D eigenvalue weighted by atomic mass is 79.9. The summed E-state index contributed by atoms with van der Waals surface area (Å²) in [5.41, 5.74) is 0.574. The molecule has 0 fully saturated rings. The molecule has 15 heavy (non-hydrogen) atoms. The molecule has 0 saturated carbocycles. The number of ether oxygens (including phenoxy) is 1. The molecule has 5 heteroatoms. The molecular formula is C10H14BrNO3. The van der Waals surface area contributed by atoms with Crippen LogP contribution in [0.4, 0.5) is 0 Å². The van der Waals surface area contributed by atoms with Gasteiger partial charge < -0.3 is 14.9 Å². The first-order valence-corrected chi connectivity index (χ1v) is 5.82. The third-order valence-corrected chi connectivity index (χ3v) is 2.58. The van der Waals surface area contributed by atoms with E-state index < -0.39 is 12.2 Å². The summed E-state index contributed by atoms with van der Waals surface area (Å²) in [5, 5.41) is 19.4. The van der Waals surface area contributed by atoms with Crippen LogP contribution in [0.5, 0.6) is 5.88 Å². The lowest BCUT2D eigenvalue weighted by Gasteiger charge is -2.15. The van der Waals surface area contributed by atoms with Crippen molar-refractivity contribution < 1.29 is 14.9 Å². The number of aliphatic hydroxyl groups excluding tert-OH is 2. The fourth-order valence-corrected chi connectivity index (χ4v) is 1.46. The largest absolute Gasteiger partial charge is 0.478 e. The van der Waals surface area contributed by atoms with E-state index in [9.17, 15) is 10.2 Å². The number of alkyl halides is 1. The predicted molar refractivity (Wildman–Crippen MR) is 60.2 cm³/mol. The first-order valence-electron chi connectivity index (χ1n) is 4.69. The maximum absolute atomic E-state index is 9.65. The second-order valence-corrected chi connectivity index (χ2v) is 3.68. The third-order valence-electron chi connectivity index (χ3n) is 1.92. The van der Waals surface area contributed by atoms with E-state index in [1.165, 1.54) is 6.20 Å². The second-order valence-electron chi connectivity index (χ2n) is 3.03. The highest BCUT2D eigenvalue weighted by Gasteiger charge is 2.17. The average Bonchev–Trinajstić information content (AvgIpc) is 2.28. The summed E-state index contributed by atoms with van der Waals surface area (Å²) >= 11 is 3.10. The summed E-state index contributed by atoms with van der Waals surface area (Å²) < 4.78 is 5.16. The van der Waals surface area contributed by atoms with Gasteiger partial charge in [-0.05, 0) is 13.0 Å². The molecule has 0 amide bonds. The second kappa shape index (κ2) is 6.05. The van der Waals surface area contributed by atoms with Crippen molar-refractivity contribution in [2.45, 2.75) is 19.1 Å². The number of hydrogen-bond acceptors (Lipinski definition) is 4. The fourth-order valence-electron chi connectivity index (χ4n) is 1.11. The van der Waals surface area contributed by atoms with Gasteiger partial charge in [0.05, 0.1) is 12.7 Å². The Morgan fingerprint density at radius 2 is 2.20 bits per heavy atom. The van der Waals surface area contributed by atoms with Crippen molar-refractivity contribution in [3.05, 3.63) is 23.9 Å². The lowest BCUT2D eigenvalue weighted by molar-refractivity contribution is 0.0340. The van der Waals surface area contributed by atoms with E-state index in [1.807, 2.05) is 6.92 Å². The van der Waals surface area contributed by atoms with Crippen LogP contribution < -0.4 is 4.74 Å². The average molecular weight is 276 g/mol. The summed E-state index contributed by atoms with van der Waals surface area (Å²) in [7, 11) is 0. The zero-order chi connectivity index (χ0) is 11.3. The molecule has 84 valence electrons. The highest BCUT2D eigenvalue weighted by Crippen LogP contribution is 2.19. The molecule has 0 aromatic carbocycles. The number of hydrogen-bond donors (Lipinski definition) is 2. The molecule has 1 aromatic rings. The third kappa shape index (κ3) is 3.44. The molecule has 0 aliphatic carbocycles. The lowest BCUT2D eigenvalue weighted by Crippen LogP contribution is -2.19. The van der Waals surface area contributed by atoms with Gasteiger partial charge in [-0.1, -0.05) is 15.9 Å². The summed E-state index contributed by atoms with van der Waals surface area (Å²) in [6.07, 6.45) is -0.251. The van der Waals surface area contributed by atoms with E-state index in [0.717, 1.165) is 0 Å². The Kier molecular flexibility index (Phi) is 5.01. The molecule has 2 unspecified atom stereocenters. The molecule has 0 aliphatic heterocycles. The molecule has 2 N–H and O–H groups in total. The zero-order valence-electron chi connectivity index (χ0n) is 8.43. The smallest absolute Gasteiger partial charge is 0.213 e. The quantitative estimate of drug-likeness (QED) is 0.795. The van der Waals surface area contributed by atoms with Gasteiger partial charge in [-0.2, -0.15) is 0 Å². The Morgan fingerprint density at radius 3 is 2.67 bits per heavy atom. The van der Waals surface area contributed by atoms with Crippen molar-refractivity contribution in [3.8, 4) is 5.88 Å². The Hall–Kier alpha value is -0.650. The van der Waals surface area contributed by atoms with Crippen molar-refractivity contribution in [2.75, 3.05) is 11.9 Å². The van der Waals surface area contributed by atoms with Gasteiger partial charge in [0, 0.05) is 23.2 Å². The van der Waals surface area contributed by atoms with Crippen LogP contribution >= 0.6 is 15.9 Å². The zero-order valence-corrected chi connectivity index (χ0v) is 10.0. The molecule has 2 atom stereocenters. The summed E-state index contributed by atoms with van der Waals surface area (Å²) in [6.45, 7) is 2.43. The molecule has 4 nitrogen and oxygen atoms in total. The van der Waals surface area contributed by atoms with Gasteiger partial charge in [-0.3, -0.25) is 0 Å². The normalized spacial score (nSPS) is 14.7. The van der Waals surface area contributed by atoms with E-state index in [1.54, 1.807) is 12.1 Å². The number of aliphatic hydroxyl groups is 2. The van der Waals surface area contributed by atoms with Crippen molar-refractivity contribution in [1.82, 2.24) is 4.98 Å². The van der Waals surface area contributed by atoms with Gasteiger partial charge in [-0.25, -0.2) is 4.98 Å². The minimum Gasteiger partial charge on any atom is -0.478 e.